The molecular formula is C17H18BrN2O3S+. The van der Waals surface area contributed by atoms with E-state index in [2.05, 4.69) is 28.0 Å². The van der Waals surface area contributed by atoms with Gasteiger partial charge in [-0.1, -0.05) is 15.9 Å². The molecule has 1 aliphatic heterocycles. The third-order valence-electron chi connectivity index (χ3n) is 4.04. The largest absolute Gasteiger partial charge is 0.507 e. The number of methoxy groups -OCH3 is 1. The summed E-state index contributed by atoms with van der Waals surface area (Å²) in [4.78, 5) is 19.3. The minimum atomic E-state index is -0.349. The first kappa shape index (κ1) is 17.1. The molecule has 0 radical (unpaired) electrons. The maximum absolute atomic E-state index is 12.2. The number of rotatable bonds is 3. The molecule has 0 saturated carbocycles. The molecule has 0 fully saturated rings. The third-order valence-corrected chi connectivity index (χ3v) is 5.67. The summed E-state index contributed by atoms with van der Waals surface area (Å²) in [5, 5.41) is 10.6. The number of carbonyl (C=O) groups is 1. The number of hydrogen-bond acceptors (Lipinski definition) is 5. The lowest BCUT2D eigenvalue weighted by atomic mass is 10.0. The number of ether oxygens (including phenoxy) is 1. The van der Waals surface area contributed by atoms with Crippen LogP contribution in [0.1, 0.15) is 26.4 Å². The van der Waals surface area contributed by atoms with Gasteiger partial charge in [0.05, 0.1) is 25.6 Å². The third kappa shape index (κ3) is 3.38. The van der Waals surface area contributed by atoms with Crippen LogP contribution in [0, 0.1) is 0 Å². The molecule has 2 heterocycles. The summed E-state index contributed by atoms with van der Waals surface area (Å²) in [7, 11) is 3.53. The number of nitrogens with one attached hydrogen (secondary N) is 1. The fraction of sp³-hybridized carbons (Fsp3) is 0.294. The number of quaternary nitrogens is 1. The molecular weight excluding hydrogens is 392 g/mol. The summed E-state index contributed by atoms with van der Waals surface area (Å²) in [6.07, 6.45) is 2.43. The predicted molar refractivity (Wildman–Crippen MR) is 97.9 cm³/mol. The van der Waals surface area contributed by atoms with Crippen LogP contribution in [0.25, 0.3) is 0 Å². The predicted octanol–water partition coefficient (Wildman–Crippen LogP) is 2.32. The quantitative estimate of drug-likeness (QED) is 0.603. The summed E-state index contributed by atoms with van der Waals surface area (Å²) in [5.41, 5.74) is 2.22. The zero-order valence-electron chi connectivity index (χ0n) is 13.4. The van der Waals surface area contributed by atoms with Crippen molar-refractivity contribution in [3.05, 3.63) is 44.2 Å². The fourth-order valence-corrected chi connectivity index (χ4v) is 4.44. The zero-order valence-corrected chi connectivity index (χ0v) is 15.8. The van der Waals surface area contributed by atoms with Crippen LogP contribution < -0.4 is 4.90 Å². The van der Waals surface area contributed by atoms with Crippen LogP contribution >= 0.6 is 27.3 Å². The Balaban J connectivity index is 2.02. The van der Waals surface area contributed by atoms with Crippen molar-refractivity contribution in [2.75, 3.05) is 20.7 Å². The Hall–Kier alpha value is -1.70. The van der Waals surface area contributed by atoms with Crippen LogP contribution in [0.5, 0.6) is 5.75 Å². The van der Waals surface area contributed by atoms with Crippen LogP contribution in [0.4, 0.5) is 5.00 Å². The molecule has 5 nitrogen and oxygen atoms in total. The molecule has 126 valence electrons. The summed E-state index contributed by atoms with van der Waals surface area (Å²) in [5.74, 6) is -0.204. The number of halogens is 1. The van der Waals surface area contributed by atoms with E-state index in [1.807, 2.05) is 0 Å². The van der Waals surface area contributed by atoms with E-state index in [1.165, 1.54) is 28.2 Å². The van der Waals surface area contributed by atoms with Gasteiger partial charge in [0.15, 0.2) is 0 Å². The molecule has 1 unspecified atom stereocenters. The minimum Gasteiger partial charge on any atom is -0.507 e. The Morgan fingerprint density at radius 1 is 1.50 bits per heavy atom. The second kappa shape index (κ2) is 7.04. The molecule has 0 saturated heterocycles. The number of nitrogens with zero attached hydrogens (tertiary/aromatic N) is 1. The summed E-state index contributed by atoms with van der Waals surface area (Å²) >= 11 is 4.90. The van der Waals surface area contributed by atoms with Crippen LogP contribution in [-0.4, -0.2) is 38.0 Å². The second-order valence-electron chi connectivity index (χ2n) is 5.77. The van der Waals surface area contributed by atoms with Gasteiger partial charge < -0.3 is 14.7 Å². The van der Waals surface area contributed by atoms with Crippen molar-refractivity contribution >= 4 is 44.5 Å². The van der Waals surface area contributed by atoms with Gasteiger partial charge >= 0.3 is 5.97 Å². The standard InChI is InChI=1S/C17H17BrN2O3S/c1-20-6-5-12-14(9-20)24-16(15(12)17(22)23-2)19-8-10-7-11(18)3-4-13(10)21/h3-4,7-8,21H,5-6,9H2,1-2H3/p+1/b19-8+. The smallest absolute Gasteiger partial charge is 0.341 e. The molecule has 1 atom stereocenters. The SMILES string of the molecule is COC(=O)c1c(/N=C/c2cc(Br)ccc2O)sc2c1CC[NH+](C)C2. The number of carbonyl (C=O) groups excluding carboxylic acids is 1. The number of aliphatic imine (C=N–C) groups is 1. The number of aromatic hydroxyl groups is 1. The first-order valence-electron chi connectivity index (χ1n) is 7.56. The molecule has 2 aromatic rings. The zero-order chi connectivity index (χ0) is 17.3. The summed E-state index contributed by atoms with van der Waals surface area (Å²) in [6.45, 7) is 1.88. The lowest BCUT2D eigenvalue weighted by Crippen LogP contribution is -3.08. The van der Waals surface area contributed by atoms with Crippen molar-refractivity contribution in [3.8, 4) is 5.75 Å². The van der Waals surface area contributed by atoms with Crippen molar-refractivity contribution < 1.29 is 19.5 Å². The highest BCUT2D eigenvalue weighted by Gasteiger charge is 2.29. The molecule has 1 aliphatic rings. The number of phenols is 1. The van der Waals surface area contributed by atoms with E-state index in [9.17, 15) is 9.90 Å². The highest BCUT2D eigenvalue weighted by molar-refractivity contribution is 9.10. The number of esters is 1. The average molecular weight is 410 g/mol. The molecule has 3 rings (SSSR count). The van der Waals surface area contributed by atoms with Crippen LogP contribution in [0.2, 0.25) is 0 Å². The highest BCUT2D eigenvalue weighted by atomic mass is 79.9. The number of likely N-dealkylation sites (N-methyl/N-ethyl adjacent to an activating group) is 1. The van der Waals surface area contributed by atoms with E-state index in [0.717, 1.165) is 29.5 Å². The Morgan fingerprint density at radius 2 is 2.29 bits per heavy atom. The first-order valence-corrected chi connectivity index (χ1v) is 9.17. The van der Waals surface area contributed by atoms with Gasteiger partial charge in [-0.2, -0.15) is 0 Å². The van der Waals surface area contributed by atoms with Crippen molar-refractivity contribution in [2.24, 2.45) is 4.99 Å². The van der Waals surface area contributed by atoms with Gasteiger partial charge in [-0.25, -0.2) is 9.79 Å². The molecule has 0 amide bonds. The molecule has 7 heteroatoms. The second-order valence-corrected chi connectivity index (χ2v) is 7.77. The van der Waals surface area contributed by atoms with Gasteiger partial charge in [0, 0.05) is 22.7 Å². The fourth-order valence-electron chi connectivity index (χ4n) is 2.77. The lowest BCUT2D eigenvalue weighted by Gasteiger charge is -2.19. The van der Waals surface area contributed by atoms with E-state index in [-0.39, 0.29) is 11.7 Å². The molecule has 1 aromatic heterocycles. The van der Waals surface area contributed by atoms with Gasteiger partial charge in [-0.3, -0.25) is 0 Å². The van der Waals surface area contributed by atoms with Crippen molar-refractivity contribution in [3.63, 3.8) is 0 Å². The average Bonchev–Trinajstić information content (AvgIpc) is 2.92. The van der Waals surface area contributed by atoms with Crippen LogP contribution in [-0.2, 0) is 17.7 Å². The lowest BCUT2D eigenvalue weighted by molar-refractivity contribution is -0.895. The van der Waals surface area contributed by atoms with Crippen molar-refractivity contribution in [2.45, 2.75) is 13.0 Å². The number of fused-ring (bicyclic) bond motifs is 1. The van der Waals surface area contributed by atoms with Crippen molar-refractivity contribution in [1.82, 2.24) is 0 Å². The number of hydrogen-bond donors (Lipinski definition) is 2. The van der Waals surface area contributed by atoms with E-state index >= 15 is 0 Å². The Morgan fingerprint density at radius 3 is 3.04 bits per heavy atom. The van der Waals surface area contributed by atoms with Gasteiger partial charge in [-0.05, 0) is 23.8 Å². The molecule has 2 N–H and O–H groups in total. The van der Waals surface area contributed by atoms with E-state index in [4.69, 9.17) is 4.74 Å². The van der Waals surface area contributed by atoms with E-state index in [1.54, 1.807) is 24.4 Å². The van der Waals surface area contributed by atoms with Gasteiger partial charge in [-0.15, -0.1) is 11.3 Å². The Bertz CT molecular complexity index is 816. The van der Waals surface area contributed by atoms with Gasteiger partial charge in [0.25, 0.3) is 0 Å². The van der Waals surface area contributed by atoms with Crippen molar-refractivity contribution in [1.29, 1.82) is 0 Å². The molecule has 0 aliphatic carbocycles. The summed E-state index contributed by atoms with van der Waals surface area (Å²) in [6, 6.07) is 5.14. The number of benzene rings is 1. The van der Waals surface area contributed by atoms with Gasteiger partial charge in [0.1, 0.15) is 22.9 Å². The van der Waals surface area contributed by atoms with Crippen LogP contribution in [0.15, 0.2) is 27.7 Å². The molecule has 0 spiro atoms. The summed E-state index contributed by atoms with van der Waals surface area (Å²) < 4.78 is 5.81. The van der Waals surface area contributed by atoms with Gasteiger partial charge in [0.2, 0.25) is 0 Å². The topological polar surface area (TPSA) is 63.3 Å². The Labute approximate surface area is 152 Å². The molecule has 24 heavy (non-hydrogen) atoms. The normalized spacial score (nSPS) is 17.0. The van der Waals surface area contributed by atoms with Crippen LogP contribution in [0.3, 0.4) is 0 Å². The van der Waals surface area contributed by atoms with E-state index in [0.29, 0.717) is 16.1 Å². The maximum atomic E-state index is 12.2. The number of thiophene rings is 1. The Kier molecular flexibility index (Phi) is 5.03. The molecule has 0 bridgehead atoms. The monoisotopic (exact) mass is 409 g/mol. The molecule has 1 aromatic carbocycles. The first-order chi connectivity index (χ1) is 11.5. The van der Waals surface area contributed by atoms with E-state index < -0.39 is 0 Å². The maximum Gasteiger partial charge on any atom is 0.341 e. The number of phenolic OH excluding ortho intramolecular Hbond substituents is 1. The minimum absolute atomic E-state index is 0.145. The highest BCUT2D eigenvalue weighted by Crippen LogP contribution is 2.37.